The fourth-order valence-corrected chi connectivity index (χ4v) is 2.12. The lowest BCUT2D eigenvalue weighted by atomic mass is 9.80. The summed E-state index contributed by atoms with van der Waals surface area (Å²) >= 11 is 0. The average molecular weight is 157 g/mol. The molecule has 11 heavy (non-hydrogen) atoms. The first kappa shape index (κ1) is 9.01. The number of hydroxylamine groups is 2. The Hall–Kier alpha value is -0.0800. The van der Waals surface area contributed by atoms with Gasteiger partial charge in [0, 0.05) is 12.6 Å². The Morgan fingerprint density at radius 2 is 1.82 bits per heavy atom. The monoisotopic (exact) mass is 157 g/mol. The smallest absolute Gasteiger partial charge is 0.0454 e. The second-order valence-corrected chi connectivity index (χ2v) is 3.66. The third-order valence-electron chi connectivity index (χ3n) is 3.13. The Kier molecular flexibility index (Phi) is 2.90. The van der Waals surface area contributed by atoms with Crippen LogP contribution in [-0.4, -0.2) is 22.9 Å². The lowest BCUT2D eigenvalue weighted by Gasteiger charge is -2.40. The molecule has 2 heteroatoms. The van der Waals surface area contributed by atoms with Crippen molar-refractivity contribution in [3.63, 3.8) is 0 Å². The van der Waals surface area contributed by atoms with Crippen molar-refractivity contribution in [2.45, 2.75) is 51.0 Å². The highest BCUT2D eigenvalue weighted by Gasteiger charge is 2.33. The Morgan fingerprint density at radius 1 is 1.27 bits per heavy atom. The van der Waals surface area contributed by atoms with E-state index >= 15 is 0 Å². The molecular formula is C9H19NO. The van der Waals surface area contributed by atoms with Gasteiger partial charge in [0.1, 0.15) is 0 Å². The van der Waals surface area contributed by atoms with Gasteiger partial charge in [-0.05, 0) is 19.3 Å². The van der Waals surface area contributed by atoms with E-state index in [1.807, 2.05) is 0 Å². The van der Waals surface area contributed by atoms with E-state index < -0.39 is 0 Å². The number of hydrogen-bond donors (Lipinski definition) is 1. The van der Waals surface area contributed by atoms with Gasteiger partial charge in [-0.15, -0.1) is 0 Å². The Labute approximate surface area is 69.2 Å². The molecule has 1 rings (SSSR count). The maximum atomic E-state index is 9.46. The Balaban J connectivity index is 2.57. The van der Waals surface area contributed by atoms with Crippen molar-refractivity contribution in [1.82, 2.24) is 5.06 Å². The van der Waals surface area contributed by atoms with Gasteiger partial charge in [0.2, 0.25) is 0 Å². The van der Waals surface area contributed by atoms with Crippen LogP contribution in [0.1, 0.15) is 45.4 Å². The Bertz CT molecular complexity index is 117. The molecule has 0 heterocycles. The van der Waals surface area contributed by atoms with Gasteiger partial charge in [0.25, 0.3) is 0 Å². The molecule has 0 aromatic rings. The molecule has 0 aliphatic heterocycles. The lowest BCUT2D eigenvalue weighted by Crippen LogP contribution is -2.45. The van der Waals surface area contributed by atoms with Crippen molar-refractivity contribution in [2.75, 3.05) is 7.05 Å². The number of hydrogen-bond acceptors (Lipinski definition) is 2. The van der Waals surface area contributed by atoms with E-state index in [1.54, 1.807) is 7.05 Å². The second kappa shape index (κ2) is 3.55. The van der Waals surface area contributed by atoms with E-state index in [2.05, 4.69) is 6.92 Å². The summed E-state index contributed by atoms with van der Waals surface area (Å²) in [7, 11) is 1.79. The fraction of sp³-hybridized carbons (Fsp3) is 1.00. The van der Waals surface area contributed by atoms with Crippen molar-refractivity contribution < 1.29 is 5.21 Å². The van der Waals surface area contributed by atoms with Gasteiger partial charge in [-0.1, -0.05) is 26.2 Å². The molecule has 1 fully saturated rings. The number of nitrogens with zero attached hydrogens (tertiary/aromatic N) is 1. The average Bonchev–Trinajstić information content (AvgIpc) is 2.05. The predicted molar refractivity (Wildman–Crippen MR) is 45.7 cm³/mol. The van der Waals surface area contributed by atoms with Gasteiger partial charge in [-0.2, -0.15) is 5.06 Å². The first-order valence-electron chi connectivity index (χ1n) is 4.64. The van der Waals surface area contributed by atoms with Crippen molar-refractivity contribution >= 4 is 0 Å². The molecule has 0 spiro atoms. The van der Waals surface area contributed by atoms with Crippen LogP contribution in [0.4, 0.5) is 0 Å². The first-order valence-corrected chi connectivity index (χ1v) is 4.64. The summed E-state index contributed by atoms with van der Waals surface area (Å²) in [6, 6.07) is 0. The minimum absolute atomic E-state index is 0.109. The van der Waals surface area contributed by atoms with E-state index in [-0.39, 0.29) is 5.54 Å². The molecule has 1 N–H and O–H groups in total. The van der Waals surface area contributed by atoms with Crippen LogP contribution in [0.25, 0.3) is 0 Å². The largest absolute Gasteiger partial charge is 0.314 e. The SMILES string of the molecule is CCC1(N(C)O)CCCCC1. The molecule has 0 aromatic carbocycles. The van der Waals surface area contributed by atoms with E-state index in [9.17, 15) is 5.21 Å². The van der Waals surface area contributed by atoms with Gasteiger partial charge in [0.05, 0.1) is 0 Å². The second-order valence-electron chi connectivity index (χ2n) is 3.66. The van der Waals surface area contributed by atoms with Crippen LogP contribution in [0.15, 0.2) is 0 Å². The maximum absolute atomic E-state index is 9.46. The molecule has 0 saturated heterocycles. The van der Waals surface area contributed by atoms with Gasteiger partial charge >= 0.3 is 0 Å². The molecule has 2 nitrogen and oxygen atoms in total. The van der Waals surface area contributed by atoms with Crippen LogP contribution in [0, 0.1) is 0 Å². The van der Waals surface area contributed by atoms with Crippen LogP contribution >= 0.6 is 0 Å². The normalized spacial score (nSPS) is 24.0. The molecule has 0 atom stereocenters. The Morgan fingerprint density at radius 3 is 2.09 bits per heavy atom. The molecule has 1 aliphatic carbocycles. The molecule has 0 unspecified atom stereocenters. The van der Waals surface area contributed by atoms with Crippen LogP contribution < -0.4 is 0 Å². The standard InChI is InChI=1S/C9H19NO/c1-3-9(10(2)11)7-5-4-6-8-9/h11H,3-8H2,1-2H3. The summed E-state index contributed by atoms with van der Waals surface area (Å²) in [5, 5.41) is 10.9. The molecule has 1 aliphatic rings. The van der Waals surface area contributed by atoms with Gasteiger partial charge in [0.15, 0.2) is 0 Å². The minimum atomic E-state index is 0.109. The van der Waals surface area contributed by atoms with Crippen LogP contribution in [-0.2, 0) is 0 Å². The summed E-state index contributed by atoms with van der Waals surface area (Å²) in [4.78, 5) is 0. The molecular weight excluding hydrogens is 138 g/mol. The zero-order chi connectivity index (χ0) is 8.32. The van der Waals surface area contributed by atoms with Crippen molar-refractivity contribution in [2.24, 2.45) is 0 Å². The van der Waals surface area contributed by atoms with E-state index in [1.165, 1.54) is 24.3 Å². The van der Waals surface area contributed by atoms with Crippen LogP contribution in [0.3, 0.4) is 0 Å². The zero-order valence-electron chi connectivity index (χ0n) is 7.64. The van der Waals surface area contributed by atoms with Gasteiger partial charge in [-0.3, -0.25) is 0 Å². The predicted octanol–water partition coefficient (Wildman–Crippen LogP) is 2.42. The summed E-state index contributed by atoms with van der Waals surface area (Å²) < 4.78 is 0. The highest BCUT2D eigenvalue weighted by molar-refractivity contribution is 4.87. The van der Waals surface area contributed by atoms with Crippen molar-refractivity contribution in [3.8, 4) is 0 Å². The summed E-state index contributed by atoms with van der Waals surface area (Å²) in [6.45, 7) is 2.16. The van der Waals surface area contributed by atoms with Crippen molar-refractivity contribution in [3.05, 3.63) is 0 Å². The topological polar surface area (TPSA) is 23.5 Å². The molecule has 0 aromatic heterocycles. The highest BCUT2D eigenvalue weighted by Crippen LogP contribution is 2.34. The van der Waals surface area contributed by atoms with E-state index in [0.29, 0.717) is 0 Å². The first-order chi connectivity index (χ1) is 5.21. The highest BCUT2D eigenvalue weighted by atomic mass is 16.5. The summed E-state index contributed by atoms with van der Waals surface area (Å²) in [6.07, 6.45) is 7.29. The van der Waals surface area contributed by atoms with Crippen LogP contribution in [0.2, 0.25) is 0 Å². The van der Waals surface area contributed by atoms with Gasteiger partial charge in [-0.25, -0.2) is 0 Å². The van der Waals surface area contributed by atoms with Crippen LogP contribution in [0.5, 0.6) is 0 Å². The van der Waals surface area contributed by atoms with E-state index in [4.69, 9.17) is 0 Å². The third kappa shape index (κ3) is 1.74. The molecule has 66 valence electrons. The van der Waals surface area contributed by atoms with Crippen molar-refractivity contribution in [1.29, 1.82) is 0 Å². The minimum Gasteiger partial charge on any atom is -0.314 e. The molecule has 0 radical (unpaired) electrons. The quantitative estimate of drug-likeness (QED) is 0.622. The maximum Gasteiger partial charge on any atom is 0.0454 e. The summed E-state index contributed by atoms with van der Waals surface area (Å²) in [5.74, 6) is 0. The summed E-state index contributed by atoms with van der Waals surface area (Å²) in [5.41, 5.74) is 0.109. The zero-order valence-corrected chi connectivity index (χ0v) is 7.64. The molecule has 0 amide bonds. The molecule has 1 saturated carbocycles. The lowest BCUT2D eigenvalue weighted by molar-refractivity contribution is -0.166. The van der Waals surface area contributed by atoms with E-state index in [0.717, 1.165) is 19.3 Å². The third-order valence-corrected chi connectivity index (χ3v) is 3.13. The fourth-order valence-electron chi connectivity index (χ4n) is 2.12. The number of rotatable bonds is 2. The molecule has 0 bridgehead atoms. The van der Waals surface area contributed by atoms with Gasteiger partial charge < -0.3 is 5.21 Å².